The van der Waals surface area contributed by atoms with Gasteiger partial charge in [-0.1, -0.05) is 41.4 Å². The molecule has 2 aromatic rings. The quantitative estimate of drug-likeness (QED) is 0.418. The summed E-state index contributed by atoms with van der Waals surface area (Å²) in [6, 6.07) is 9.66. The summed E-state index contributed by atoms with van der Waals surface area (Å²) in [7, 11) is -3.56. The number of amides is 2. The molecule has 0 radical (unpaired) electrons. The first kappa shape index (κ1) is 29.9. The summed E-state index contributed by atoms with van der Waals surface area (Å²) in [5.41, 5.74) is 3.10. The van der Waals surface area contributed by atoms with Gasteiger partial charge in [-0.25, -0.2) is 8.42 Å². The number of sulfonamides is 1. The smallest absolute Gasteiger partial charge is 0.242 e. The molecular weight excluding hydrogens is 521 g/mol. The molecule has 36 heavy (non-hydrogen) atoms. The summed E-state index contributed by atoms with van der Waals surface area (Å²) in [6.45, 7) is 9.41. The number of anilines is 1. The van der Waals surface area contributed by atoms with Crippen molar-refractivity contribution in [3.05, 3.63) is 63.1 Å². The van der Waals surface area contributed by atoms with E-state index in [1.165, 1.54) is 9.21 Å². The average molecular weight is 557 g/mol. The van der Waals surface area contributed by atoms with Crippen molar-refractivity contribution in [2.75, 3.05) is 17.1 Å². The second kappa shape index (κ2) is 12.8. The minimum atomic E-state index is -3.56. The fourth-order valence-electron chi connectivity index (χ4n) is 3.81. The van der Waals surface area contributed by atoms with Gasteiger partial charge in [-0.2, -0.15) is 0 Å². The second-order valence-electron chi connectivity index (χ2n) is 9.25. The van der Waals surface area contributed by atoms with Crippen LogP contribution in [0.1, 0.15) is 50.3 Å². The topological polar surface area (TPSA) is 86.8 Å². The van der Waals surface area contributed by atoms with Crippen LogP contribution in [0, 0.1) is 13.8 Å². The van der Waals surface area contributed by atoms with Crippen LogP contribution in [0.15, 0.2) is 36.4 Å². The van der Waals surface area contributed by atoms with Crippen molar-refractivity contribution >= 4 is 50.7 Å². The van der Waals surface area contributed by atoms with Gasteiger partial charge in [-0.3, -0.25) is 13.9 Å². The van der Waals surface area contributed by atoms with Crippen LogP contribution in [0.3, 0.4) is 0 Å². The maximum atomic E-state index is 13.4. The molecule has 0 spiro atoms. The predicted octanol–water partition coefficient (Wildman–Crippen LogP) is 5.10. The first-order valence-corrected chi connectivity index (χ1v) is 14.4. The maximum absolute atomic E-state index is 13.4. The summed E-state index contributed by atoms with van der Waals surface area (Å²) in [5.74, 6) is -0.557. The van der Waals surface area contributed by atoms with Gasteiger partial charge in [0.25, 0.3) is 0 Å². The molecule has 0 heterocycles. The summed E-state index contributed by atoms with van der Waals surface area (Å²) >= 11 is 12.4. The van der Waals surface area contributed by atoms with Crippen LogP contribution in [-0.4, -0.2) is 50.0 Å². The van der Waals surface area contributed by atoms with Crippen molar-refractivity contribution in [2.45, 2.75) is 66.1 Å². The number of hydrogen-bond donors (Lipinski definition) is 1. The number of nitrogens with zero attached hydrogens (tertiary/aromatic N) is 2. The van der Waals surface area contributed by atoms with Crippen molar-refractivity contribution < 1.29 is 18.0 Å². The zero-order valence-electron chi connectivity index (χ0n) is 21.6. The third-order valence-electron chi connectivity index (χ3n) is 5.95. The monoisotopic (exact) mass is 555 g/mol. The van der Waals surface area contributed by atoms with Gasteiger partial charge in [0.05, 0.1) is 11.9 Å². The summed E-state index contributed by atoms with van der Waals surface area (Å²) < 4.78 is 26.5. The van der Waals surface area contributed by atoms with Gasteiger partial charge in [-0.05, 0) is 75.9 Å². The molecule has 0 aromatic heterocycles. The van der Waals surface area contributed by atoms with Crippen LogP contribution >= 0.6 is 23.2 Å². The number of benzene rings is 2. The van der Waals surface area contributed by atoms with Crippen LogP contribution in [-0.2, 0) is 26.2 Å². The SMILES string of the molecule is Cc1cccc(N(CCCC(=O)N(Cc2ccc(Cl)cc2Cl)[C@H](C)C(=O)NC(C)C)S(C)(=O)=O)c1C. The zero-order chi connectivity index (χ0) is 27.2. The Kier molecular flexibility index (Phi) is 10.6. The van der Waals surface area contributed by atoms with Gasteiger partial charge >= 0.3 is 0 Å². The molecule has 0 saturated carbocycles. The third kappa shape index (κ3) is 8.11. The van der Waals surface area contributed by atoms with Crippen LogP contribution < -0.4 is 9.62 Å². The van der Waals surface area contributed by atoms with Crippen molar-refractivity contribution in [2.24, 2.45) is 0 Å². The van der Waals surface area contributed by atoms with E-state index < -0.39 is 16.1 Å². The molecular formula is C26H35Cl2N3O4S. The lowest BCUT2D eigenvalue weighted by Crippen LogP contribution is -2.49. The molecule has 0 bridgehead atoms. The minimum Gasteiger partial charge on any atom is -0.352 e. The first-order valence-electron chi connectivity index (χ1n) is 11.8. The molecule has 10 heteroatoms. The second-order valence-corrected chi connectivity index (χ2v) is 12.0. The predicted molar refractivity (Wildman–Crippen MR) is 147 cm³/mol. The van der Waals surface area contributed by atoms with Crippen molar-refractivity contribution in [3.8, 4) is 0 Å². The molecule has 0 aliphatic heterocycles. The van der Waals surface area contributed by atoms with E-state index in [2.05, 4.69) is 5.32 Å². The molecule has 2 aromatic carbocycles. The van der Waals surface area contributed by atoms with Gasteiger partial charge in [-0.15, -0.1) is 0 Å². The van der Waals surface area contributed by atoms with E-state index in [1.807, 2.05) is 39.8 Å². The molecule has 0 aliphatic carbocycles. The fourth-order valence-corrected chi connectivity index (χ4v) is 5.29. The average Bonchev–Trinajstić information content (AvgIpc) is 2.76. The van der Waals surface area contributed by atoms with Crippen LogP contribution in [0.25, 0.3) is 0 Å². The Bertz CT molecular complexity index is 1200. The molecule has 198 valence electrons. The minimum absolute atomic E-state index is 0.0569. The van der Waals surface area contributed by atoms with Crippen LogP contribution in [0.5, 0.6) is 0 Å². The van der Waals surface area contributed by atoms with E-state index in [0.717, 1.165) is 17.4 Å². The molecule has 1 N–H and O–H groups in total. The molecule has 1 atom stereocenters. The van der Waals surface area contributed by atoms with Crippen LogP contribution in [0.2, 0.25) is 10.0 Å². The molecule has 0 fully saturated rings. The van der Waals surface area contributed by atoms with Crippen LogP contribution in [0.4, 0.5) is 5.69 Å². The highest BCUT2D eigenvalue weighted by atomic mass is 35.5. The number of carbonyl (C=O) groups is 2. The maximum Gasteiger partial charge on any atom is 0.242 e. The Morgan fingerprint density at radius 1 is 1.06 bits per heavy atom. The highest BCUT2D eigenvalue weighted by Gasteiger charge is 2.27. The molecule has 2 rings (SSSR count). The van der Waals surface area contributed by atoms with Crippen molar-refractivity contribution in [1.29, 1.82) is 0 Å². The molecule has 0 aliphatic rings. The Morgan fingerprint density at radius 3 is 2.31 bits per heavy atom. The van der Waals surface area contributed by atoms with Gasteiger partial charge in [0.2, 0.25) is 21.8 Å². The lowest BCUT2D eigenvalue weighted by atomic mass is 10.1. The van der Waals surface area contributed by atoms with E-state index in [9.17, 15) is 18.0 Å². The van der Waals surface area contributed by atoms with E-state index in [0.29, 0.717) is 21.3 Å². The van der Waals surface area contributed by atoms with Gasteiger partial charge in [0, 0.05) is 35.6 Å². The third-order valence-corrected chi connectivity index (χ3v) is 7.72. The number of aryl methyl sites for hydroxylation is 1. The highest BCUT2D eigenvalue weighted by molar-refractivity contribution is 7.92. The standard InChI is InChI=1S/C26H35Cl2N3O4S/c1-17(2)29-26(33)20(5)30(16-21-12-13-22(27)15-23(21)28)25(32)11-8-14-31(36(6,34)35)24-10-7-9-18(3)19(24)4/h7,9-10,12-13,15,17,20H,8,11,14,16H2,1-6H3,(H,29,33)/t20-/m1/s1. The lowest BCUT2D eigenvalue weighted by Gasteiger charge is -2.30. The number of hydrogen-bond acceptors (Lipinski definition) is 4. The highest BCUT2D eigenvalue weighted by Crippen LogP contribution is 2.26. The van der Waals surface area contributed by atoms with E-state index in [4.69, 9.17) is 23.2 Å². The van der Waals surface area contributed by atoms with E-state index in [-0.39, 0.29) is 43.8 Å². The largest absolute Gasteiger partial charge is 0.352 e. The first-order chi connectivity index (χ1) is 16.7. The summed E-state index contributed by atoms with van der Waals surface area (Å²) in [5, 5.41) is 3.71. The lowest BCUT2D eigenvalue weighted by molar-refractivity contribution is -0.140. The fraction of sp³-hybridized carbons (Fsp3) is 0.462. The van der Waals surface area contributed by atoms with Crippen molar-refractivity contribution in [1.82, 2.24) is 10.2 Å². The van der Waals surface area contributed by atoms with Gasteiger partial charge in [0.15, 0.2) is 0 Å². The number of carbonyl (C=O) groups excluding carboxylic acids is 2. The summed E-state index contributed by atoms with van der Waals surface area (Å²) in [4.78, 5) is 27.6. The van der Waals surface area contributed by atoms with E-state index >= 15 is 0 Å². The van der Waals surface area contributed by atoms with Gasteiger partial charge < -0.3 is 10.2 Å². The Balaban J connectivity index is 2.24. The molecule has 2 amide bonds. The Hall–Kier alpha value is -2.29. The molecule has 0 saturated heterocycles. The summed E-state index contributed by atoms with van der Waals surface area (Å²) in [6.07, 6.45) is 1.49. The molecule has 7 nitrogen and oxygen atoms in total. The van der Waals surface area contributed by atoms with E-state index in [1.54, 1.807) is 31.2 Å². The number of halogens is 2. The van der Waals surface area contributed by atoms with Gasteiger partial charge in [0.1, 0.15) is 6.04 Å². The Morgan fingerprint density at radius 2 is 1.72 bits per heavy atom. The number of rotatable bonds is 11. The Labute approximate surface area is 224 Å². The van der Waals surface area contributed by atoms with Crippen molar-refractivity contribution in [3.63, 3.8) is 0 Å². The number of nitrogens with one attached hydrogen (secondary N) is 1. The zero-order valence-corrected chi connectivity index (χ0v) is 24.0. The normalized spacial score (nSPS) is 12.4. The molecule has 0 unspecified atom stereocenters.